The second kappa shape index (κ2) is 6.30. The Balaban J connectivity index is 1.78. The van der Waals surface area contributed by atoms with Gasteiger partial charge in [0, 0.05) is 13.1 Å². The van der Waals surface area contributed by atoms with Crippen LogP contribution in [-0.2, 0) is 6.54 Å². The van der Waals surface area contributed by atoms with Crippen molar-refractivity contribution in [2.45, 2.75) is 38.3 Å². The van der Waals surface area contributed by atoms with Crippen LogP contribution in [0, 0.1) is 11.7 Å². The van der Waals surface area contributed by atoms with E-state index < -0.39 is 0 Å². The Hall–Kier alpha value is -0.930. The lowest BCUT2D eigenvalue weighted by molar-refractivity contribution is 0.0968. The van der Waals surface area contributed by atoms with Crippen molar-refractivity contribution in [2.24, 2.45) is 5.92 Å². The molecule has 0 heterocycles. The molecular weight excluding hydrogens is 229 g/mol. The Labute approximate surface area is 108 Å². The van der Waals surface area contributed by atoms with Gasteiger partial charge in [-0.1, -0.05) is 12.1 Å². The fourth-order valence-corrected chi connectivity index (χ4v) is 2.73. The highest BCUT2D eigenvalue weighted by Crippen LogP contribution is 2.25. The molecule has 0 saturated heterocycles. The maximum absolute atomic E-state index is 12.8. The first-order valence-corrected chi connectivity index (χ1v) is 6.74. The van der Waals surface area contributed by atoms with Crippen molar-refractivity contribution >= 4 is 0 Å². The molecule has 0 spiro atoms. The van der Waals surface area contributed by atoms with Gasteiger partial charge >= 0.3 is 0 Å². The topological polar surface area (TPSA) is 23.5 Å². The molecule has 0 amide bonds. The molecule has 2 nitrogen and oxygen atoms in total. The van der Waals surface area contributed by atoms with Crippen molar-refractivity contribution < 1.29 is 9.50 Å². The molecule has 2 rings (SSSR count). The highest BCUT2D eigenvalue weighted by molar-refractivity contribution is 5.15. The summed E-state index contributed by atoms with van der Waals surface area (Å²) in [5.41, 5.74) is 1.15. The summed E-state index contributed by atoms with van der Waals surface area (Å²) < 4.78 is 12.8. The zero-order valence-electron chi connectivity index (χ0n) is 11.0. The summed E-state index contributed by atoms with van der Waals surface area (Å²) in [5, 5.41) is 9.47. The van der Waals surface area contributed by atoms with Crippen LogP contribution in [0.4, 0.5) is 4.39 Å². The summed E-state index contributed by atoms with van der Waals surface area (Å²) in [4.78, 5) is 2.29. The van der Waals surface area contributed by atoms with Crippen LogP contribution in [0.3, 0.4) is 0 Å². The molecule has 1 N–H and O–H groups in total. The third-order valence-corrected chi connectivity index (χ3v) is 3.75. The average Bonchev–Trinajstić information content (AvgIpc) is 2.35. The average molecular weight is 251 g/mol. The van der Waals surface area contributed by atoms with Gasteiger partial charge < -0.3 is 10.0 Å². The molecule has 0 aromatic heterocycles. The number of aliphatic hydroxyl groups is 1. The highest BCUT2D eigenvalue weighted by atomic mass is 19.1. The highest BCUT2D eigenvalue weighted by Gasteiger charge is 2.20. The molecule has 0 unspecified atom stereocenters. The van der Waals surface area contributed by atoms with Gasteiger partial charge in [0.15, 0.2) is 0 Å². The van der Waals surface area contributed by atoms with Crippen LogP contribution in [0.5, 0.6) is 0 Å². The molecule has 18 heavy (non-hydrogen) atoms. The standard InChI is InChI=1S/C15H22FNO/c1-17(10-12-2-6-14(16)7-3-12)11-13-4-8-15(18)9-5-13/h2-3,6-7,13,15,18H,4-5,8-11H2,1H3. The molecule has 1 aliphatic carbocycles. The summed E-state index contributed by atoms with van der Waals surface area (Å²) >= 11 is 0. The maximum atomic E-state index is 12.8. The third kappa shape index (κ3) is 4.07. The Morgan fingerprint density at radius 2 is 1.78 bits per heavy atom. The van der Waals surface area contributed by atoms with Crippen molar-refractivity contribution in [3.63, 3.8) is 0 Å². The van der Waals surface area contributed by atoms with E-state index in [2.05, 4.69) is 11.9 Å². The van der Waals surface area contributed by atoms with Crippen molar-refractivity contribution in [1.29, 1.82) is 0 Å². The zero-order valence-corrected chi connectivity index (χ0v) is 11.0. The number of benzene rings is 1. The minimum atomic E-state index is -0.178. The van der Waals surface area contributed by atoms with Gasteiger partial charge in [0.25, 0.3) is 0 Å². The number of rotatable bonds is 4. The first-order chi connectivity index (χ1) is 8.63. The SMILES string of the molecule is CN(Cc1ccc(F)cc1)CC1CCC(O)CC1. The Morgan fingerprint density at radius 3 is 2.39 bits per heavy atom. The summed E-state index contributed by atoms with van der Waals surface area (Å²) in [6.45, 7) is 1.92. The van der Waals surface area contributed by atoms with Crippen molar-refractivity contribution in [1.82, 2.24) is 4.90 Å². The lowest BCUT2D eigenvalue weighted by Gasteiger charge is -2.29. The summed E-state index contributed by atoms with van der Waals surface area (Å²) in [6, 6.07) is 6.72. The molecule has 1 saturated carbocycles. The van der Waals surface area contributed by atoms with E-state index >= 15 is 0 Å². The van der Waals surface area contributed by atoms with Crippen LogP contribution in [0.1, 0.15) is 31.2 Å². The molecule has 3 heteroatoms. The van der Waals surface area contributed by atoms with E-state index in [9.17, 15) is 9.50 Å². The molecule has 0 bridgehead atoms. The van der Waals surface area contributed by atoms with Gasteiger partial charge in [-0.15, -0.1) is 0 Å². The fraction of sp³-hybridized carbons (Fsp3) is 0.600. The normalized spacial score (nSPS) is 24.4. The summed E-state index contributed by atoms with van der Waals surface area (Å²) in [7, 11) is 2.11. The number of aliphatic hydroxyl groups excluding tert-OH is 1. The molecule has 1 aromatic carbocycles. The van der Waals surface area contributed by atoms with Gasteiger partial charge in [-0.25, -0.2) is 4.39 Å². The van der Waals surface area contributed by atoms with Gasteiger partial charge in [-0.05, 0) is 56.3 Å². The Bertz CT molecular complexity index is 357. The molecule has 1 aromatic rings. The van der Waals surface area contributed by atoms with E-state index in [0.717, 1.165) is 44.3 Å². The van der Waals surface area contributed by atoms with Gasteiger partial charge in [0.05, 0.1) is 6.10 Å². The van der Waals surface area contributed by atoms with E-state index in [1.165, 1.54) is 12.1 Å². The van der Waals surface area contributed by atoms with E-state index in [1.54, 1.807) is 0 Å². The van der Waals surface area contributed by atoms with E-state index in [0.29, 0.717) is 5.92 Å². The van der Waals surface area contributed by atoms with Crippen molar-refractivity contribution in [3.8, 4) is 0 Å². The van der Waals surface area contributed by atoms with Crippen molar-refractivity contribution in [3.05, 3.63) is 35.6 Å². The first-order valence-electron chi connectivity index (χ1n) is 6.74. The predicted molar refractivity (Wildman–Crippen MR) is 70.7 cm³/mol. The monoisotopic (exact) mass is 251 g/mol. The lowest BCUT2D eigenvalue weighted by atomic mass is 9.87. The van der Waals surface area contributed by atoms with Gasteiger partial charge in [0.1, 0.15) is 5.82 Å². The van der Waals surface area contributed by atoms with Gasteiger partial charge in [0.2, 0.25) is 0 Å². The molecule has 0 atom stereocenters. The Morgan fingerprint density at radius 1 is 1.17 bits per heavy atom. The molecule has 100 valence electrons. The second-order valence-electron chi connectivity index (χ2n) is 5.50. The summed E-state index contributed by atoms with van der Waals surface area (Å²) in [6.07, 6.45) is 4.04. The number of hydrogen-bond donors (Lipinski definition) is 1. The van der Waals surface area contributed by atoms with Gasteiger partial charge in [-0.2, -0.15) is 0 Å². The molecule has 1 aliphatic rings. The van der Waals surface area contributed by atoms with Crippen molar-refractivity contribution in [2.75, 3.05) is 13.6 Å². The fourth-order valence-electron chi connectivity index (χ4n) is 2.73. The maximum Gasteiger partial charge on any atom is 0.123 e. The van der Waals surface area contributed by atoms with Crippen LogP contribution in [-0.4, -0.2) is 29.7 Å². The second-order valence-corrected chi connectivity index (χ2v) is 5.50. The van der Waals surface area contributed by atoms with E-state index in [-0.39, 0.29) is 11.9 Å². The number of hydrogen-bond acceptors (Lipinski definition) is 2. The number of nitrogens with zero attached hydrogens (tertiary/aromatic N) is 1. The summed E-state index contributed by atoms with van der Waals surface area (Å²) in [5.74, 6) is 0.515. The Kier molecular flexibility index (Phi) is 4.72. The van der Waals surface area contributed by atoms with E-state index in [1.807, 2.05) is 12.1 Å². The van der Waals surface area contributed by atoms with Gasteiger partial charge in [-0.3, -0.25) is 0 Å². The third-order valence-electron chi connectivity index (χ3n) is 3.75. The minimum Gasteiger partial charge on any atom is -0.393 e. The van der Waals surface area contributed by atoms with Crippen LogP contribution < -0.4 is 0 Å². The largest absolute Gasteiger partial charge is 0.393 e. The van der Waals surface area contributed by atoms with Crippen LogP contribution in [0.25, 0.3) is 0 Å². The molecule has 0 radical (unpaired) electrons. The van der Waals surface area contributed by atoms with Crippen LogP contribution >= 0.6 is 0 Å². The minimum absolute atomic E-state index is 0.0799. The first kappa shape index (κ1) is 13.5. The van der Waals surface area contributed by atoms with Crippen LogP contribution in [0.2, 0.25) is 0 Å². The smallest absolute Gasteiger partial charge is 0.123 e. The van der Waals surface area contributed by atoms with E-state index in [4.69, 9.17) is 0 Å². The predicted octanol–water partition coefficient (Wildman–Crippen LogP) is 2.81. The number of halogens is 1. The lowest BCUT2D eigenvalue weighted by Crippen LogP contribution is -2.29. The molecular formula is C15H22FNO. The quantitative estimate of drug-likeness (QED) is 0.889. The molecule has 0 aliphatic heterocycles. The zero-order chi connectivity index (χ0) is 13.0. The molecule has 1 fully saturated rings. The van der Waals surface area contributed by atoms with Crippen LogP contribution in [0.15, 0.2) is 24.3 Å².